The second kappa shape index (κ2) is 6.52. The van der Waals surface area contributed by atoms with Gasteiger partial charge in [-0.25, -0.2) is 8.42 Å². The van der Waals surface area contributed by atoms with Gasteiger partial charge < -0.3 is 10.2 Å². The van der Waals surface area contributed by atoms with E-state index in [0.29, 0.717) is 19.4 Å². The molecule has 0 bridgehead atoms. The van der Waals surface area contributed by atoms with E-state index in [4.69, 9.17) is 0 Å². The summed E-state index contributed by atoms with van der Waals surface area (Å²) in [7, 11) is 0.444. The van der Waals surface area contributed by atoms with Crippen LogP contribution in [0.25, 0.3) is 0 Å². The Morgan fingerprint density at radius 1 is 1.33 bits per heavy atom. The lowest BCUT2D eigenvalue weighted by molar-refractivity contribution is -0.132. The molecule has 6 heteroatoms. The number of rotatable bonds is 5. The van der Waals surface area contributed by atoms with Gasteiger partial charge >= 0.3 is 0 Å². The van der Waals surface area contributed by atoms with Crippen LogP contribution in [0.3, 0.4) is 0 Å². The second-order valence-corrected chi connectivity index (χ2v) is 7.34. The first kappa shape index (κ1) is 15.4. The zero-order chi connectivity index (χ0) is 13.8. The van der Waals surface area contributed by atoms with Crippen molar-refractivity contribution in [2.45, 2.75) is 43.4 Å². The molecule has 1 saturated carbocycles. The van der Waals surface area contributed by atoms with E-state index >= 15 is 0 Å². The fourth-order valence-electron chi connectivity index (χ4n) is 2.61. The molecule has 0 aliphatic heterocycles. The molecule has 1 aliphatic carbocycles. The van der Waals surface area contributed by atoms with Gasteiger partial charge in [-0.2, -0.15) is 0 Å². The van der Waals surface area contributed by atoms with Crippen LogP contribution in [-0.4, -0.2) is 57.4 Å². The monoisotopic (exact) mass is 276 g/mol. The molecule has 106 valence electrons. The minimum atomic E-state index is -3.08. The quantitative estimate of drug-likeness (QED) is 0.790. The van der Waals surface area contributed by atoms with Crippen LogP contribution < -0.4 is 5.32 Å². The average Bonchev–Trinajstić information content (AvgIpc) is 2.34. The first-order valence-electron chi connectivity index (χ1n) is 6.47. The predicted octanol–water partition coefficient (Wildman–Crippen LogP) is 0.410. The van der Waals surface area contributed by atoms with Gasteiger partial charge in [-0.1, -0.05) is 12.8 Å². The molecule has 1 amide bonds. The number of hydrogen-bond donors (Lipinski definition) is 1. The molecule has 1 fully saturated rings. The molecule has 1 aliphatic rings. The molecule has 0 radical (unpaired) electrons. The van der Waals surface area contributed by atoms with E-state index in [1.54, 1.807) is 19.0 Å². The zero-order valence-corrected chi connectivity index (χ0v) is 12.3. The molecular formula is C12H24N2O3S. The van der Waals surface area contributed by atoms with Crippen molar-refractivity contribution in [3.63, 3.8) is 0 Å². The Bertz CT molecular complexity index is 381. The summed E-state index contributed by atoms with van der Waals surface area (Å²) in [5.41, 5.74) is 0. The Labute approximate surface area is 110 Å². The van der Waals surface area contributed by atoms with Gasteiger partial charge in [0.05, 0.1) is 5.25 Å². The van der Waals surface area contributed by atoms with Crippen LogP contribution in [0.15, 0.2) is 0 Å². The van der Waals surface area contributed by atoms with Gasteiger partial charge in [0.15, 0.2) is 9.84 Å². The lowest BCUT2D eigenvalue weighted by Crippen LogP contribution is -2.49. The first-order chi connectivity index (χ1) is 8.38. The second-order valence-electron chi connectivity index (χ2n) is 5.08. The topological polar surface area (TPSA) is 66.5 Å². The summed E-state index contributed by atoms with van der Waals surface area (Å²) >= 11 is 0. The maximum Gasteiger partial charge on any atom is 0.223 e. The normalized spacial score (nSPS) is 24.8. The predicted molar refractivity (Wildman–Crippen MR) is 72.2 cm³/mol. The van der Waals surface area contributed by atoms with Gasteiger partial charge in [0.2, 0.25) is 5.91 Å². The number of amides is 1. The molecule has 0 aromatic heterocycles. The molecule has 2 unspecified atom stereocenters. The molecule has 2 atom stereocenters. The molecule has 1 rings (SSSR count). The average molecular weight is 276 g/mol. The van der Waals surface area contributed by atoms with Crippen LogP contribution in [0.2, 0.25) is 0 Å². The van der Waals surface area contributed by atoms with E-state index in [1.165, 1.54) is 6.26 Å². The third-order valence-corrected chi connectivity index (χ3v) is 5.35. The number of carbonyl (C=O) groups excluding carboxylic acids is 1. The van der Waals surface area contributed by atoms with Crippen molar-refractivity contribution in [3.8, 4) is 0 Å². The van der Waals surface area contributed by atoms with Gasteiger partial charge in [0.1, 0.15) is 0 Å². The highest BCUT2D eigenvalue weighted by Crippen LogP contribution is 2.27. The summed E-state index contributed by atoms with van der Waals surface area (Å²) in [5, 5.41) is 2.54. The summed E-state index contributed by atoms with van der Waals surface area (Å²) in [4.78, 5) is 13.6. The fraction of sp³-hybridized carbons (Fsp3) is 0.917. The Kier molecular flexibility index (Phi) is 5.59. The number of nitrogens with zero attached hydrogens (tertiary/aromatic N) is 1. The van der Waals surface area contributed by atoms with Crippen LogP contribution in [0.5, 0.6) is 0 Å². The van der Waals surface area contributed by atoms with E-state index < -0.39 is 15.1 Å². The Balaban J connectivity index is 2.74. The van der Waals surface area contributed by atoms with Gasteiger partial charge in [0.25, 0.3) is 0 Å². The highest BCUT2D eigenvalue weighted by Gasteiger charge is 2.36. The van der Waals surface area contributed by atoms with Crippen LogP contribution in [0.4, 0.5) is 0 Å². The van der Waals surface area contributed by atoms with Crippen molar-refractivity contribution in [3.05, 3.63) is 0 Å². The SMILES string of the molecule is CNCCC(=O)N(C)C1CCCCC1S(C)(=O)=O. The lowest BCUT2D eigenvalue weighted by atomic mass is 9.93. The van der Waals surface area contributed by atoms with Crippen LogP contribution >= 0.6 is 0 Å². The molecule has 18 heavy (non-hydrogen) atoms. The summed E-state index contributed by atoms with van der Waals surface area (Å²) in [6.45, 7) is 0.624. The zero-order valence-electron chi connectivity index (χ0n) is 11.5. The van der Waals surface area contributed by atoms with E-state index in [-0.39, 0.29) is 11.9 Å². The number of nitrogens with one attached hydrogen (secondary N) is 1. The van der Waals surface area contributed by atoms with E-state index in [0.717, 1.165) is 19.3 Å². The van der Waals surface area contributed by atoms with Gasteiger partial charge in [0, 0.05) is 32.3 Å². The molecule has 0 aromatic rings. The van der Waals surface area contributed by atoms with Crippen molar-refractivity contribution in [1.29, 1.82) is 0 Å². The van der Waals surface area contributed by atoms with E-state index in [9.17, 15) is 13.2 Å². The minimum absolute atomic E-state index is 0.0184. The van der Waals surface area contributed by atoms with Crippen molar-refractivity contribution in [2.75, 3.05) is 26.9 Å². The van der Waals surface area contributed by atoms with Gasteiger partial charge in [-0.3, -0.25) is 4.79 Å². The molecule has 0 heterocycles. The van der Waals surface area contributed by atoms with E-state index in [2.05, 4.69) is 5.32 Å². The molecular weight excluding hydrogens is 252 g/mol. The van der Waals surface area contributed by atoms with Crippen molar-refractivity contribution >= 4 is 15.7 Å². The highest BCUT2D eigenvalue weighted by atomic mass is 32.2. The third kappa shape index (κ3) is 3.95. The summed E-state index contributed by atoms with van der Waals surface area (Å²) in [5.74, 6) is 0.0184. The number of sulfone groups is 1. The van der Waals surface area contributed by atoms with Gasteiger partial charge in [-0.05, 0) is 19.9 Å². The standard InChI is InChI=1S/C12H24N2O3S/c1-13-9-8-12(15)14(2)10-6-4-5-7-11(10)18(3,16)17/h10-11,13H,4-9H2,1-3H3. The van der Waals surface area contributed by atoms with Crippen molar-refractivity contribution in [2.24, 2.45) is 0 Å². The highest BCUT2D eigenvalue weighted by molar-refractivity contribution is 7.91. The first-order valence-corrected chi connectivity index (χ1v) is 8.42. The largest absolute Gasteiger partial charge is 0.341 e. The molecule has 5 nitrogen and oxygen atoms in total. The van der Waals surface area contributed by atoms with Crippen molar-refractivity contribution in [1.82, 2.24) is 10.2 Å². The molecule has 0 saturated heterocycles. The maximum atomic E-state index is 12.0. The minimum Gasteiger partial charge on any atom is -0.341 e. The van der Waals surface area contributed by atoms with Crippen LogP contribution in [-0.2, 0) is 14.6 Å². The van der Waals surface area contributed by atoms with Gasteiger partial charge in [-0.15, -0.1) is 0 Å². The number of carbonyl (C=O) groups is 1. The Morgan fingerprint density at radius 3 is 2.50 bits per heavy atom. The lowest BCUT2D eigenvalue weighted by Gasteiger charge is -2.37. The third-order valence-electron chi connectivity index (χ3n) is 3.70. The van der Waals surface area contributed by atoms with E-state index in [1.807, 2.05) is 0 Å². The summed E-state index contributed by atoms with van der Waals surface area (Å²) < 4.78 is 23.6. The Morgan fingerprint density at radius 2 is 1.94 bits per heavy atom. The number of hydrogen-bond acceptors (Lipinski definition) is 4. The molecule has 0 spiro atoms. The maximum absolute atomic E-state index is 12.0. The smallest absolute Gasteiger partial charge is 0.223 e. The molecule has 1 N–H and O–H groups in total. The van der Waals surface area contributed by atoms with Crippen LogP contribution in [0.1, 0.15) is 32.1 Å². The summed E-state index contributed by atoms with van der Waals surface area (Å²) in [6, 6.07) is -0.155. The van der Waals surface area contributed by atoms with Crippen LogP contribution in [0, 0.1) is 0 Å². The summed E-state index contributed by atoms with van der Waals surface area (Å²) in [6.07, 6.45) is 5.10. The Hall–Kier alpha value is -0.620. The molecule has 0 aromatic carbocycles. The fourth-order valence-corrected chi connectivity index (χ4v) is 4.10. The van der Waals surface area contributed by atoms with Crippen molar-refractivity contribution < 1.29 is 13.2 Å².